The van der Waals surface area contributed by atoms with Crippen LogP contribution in [-0.2, 0) is 32.5 Å². The number of hydrogen-bond donors (Lipinski definition) is 2. The molecule has 1 unspecified atom stereocenters. The Morgan fingerprint density at radius 1 is 1.14 bits per heavy atom. The van der Waals surface area contributed by atoms with Crippen molar-refractivity contribution in [1.82, 2.24) is 34.2 Å². The first kappa shape index (κ1) is 26.4. The fourth-order valence-corrected chi connectivity index (χ4v) is 4.28. The van der Waals surface area contributed by atoms with Crippen LogP contribution in [0.15, 0.2) is 44.7 Å². The molecule has 0 saturated heterocycles. The van der Waals surface area contributed by atoms with Gasteiger partial charge in [-0.1, -0.05) is 26.0 Å². The SMILES string of the molecule is CCCn1c(=O)c2c(nc(Cc3nnco3)n2CCNCC(O)CC)n(CCc2cccc(F)c2)c1=O. The molecule has 0 amide bonds. The number of halogens is 1. The molecule has 3 aromatic heterocycles. The molecule has 4 aromatic rings. The minimum atomic E-state index is -0.466. The lowest BCUT2D eigenvalue weighted by molar-refractivity contribution is 0.167. The third-order valence-electron chi connectivity index (χ3n) is 6.23. The van der Waals surface area contributed by atoms with Crippen molar-refractivity contribution in [3.05, 3.63) is 74.6 Å². The van der Waals surface area contributed by atoms with Crippen LogP contribution in [0.4, 0.5) is 4.39 Å². The van der Waals surface area contributed by atoms with Crippen LogP contribution in [0.3, 0.4) is 0 Å². The number of aryl methyl sites for hydroxylation is 2. The van der Waals surface area contributed by atoms with Gasteiger partial charge in [-0.3, -0.25) is 13.9 Å². The van der Waals surface area contributed by atoms with Gasteiger partial charge in [0.1, 0.15) is 11.6 Å². The standard InChI is InChI=1S/C25H32FN7O4/c1-3-10-33-24(35)22-23(32(25(33)36)11-8-17-6-5-7-18(26)13-17)29-20(14-21-30-28-16-37-21)31(22)12-9-27-15-19(34)4-2/h5-7,13,16,19,27,34H,3-4,8-12,14-15H2,1-2H3. The highest BCUT2D eigenvalue weighted by Crippen LogP contribution is 2.16. The summed E-state index contributed by atoms with van der Waals surface area (Å²) in [6.45, 7) is 5.54. The van der Waals surface area contributed by atoms with Gasteiger partial charge in [0.2, 0.25) is 12.3 Å². The van der Waals surface area contributed by atoms with E-state index in [1.165, 1.54) is 27.7 Å². The Morgan fingerprint density at radius 2 is 1.97 bits per heavy atom. The summed E-state index contributed by atoms with van der Waals surface area (Å²) in [4.78, 5) is 31.7. The number of nitrogens with one attached hydrogen (secondary N) is 1. The van der Waals surface area contributed by atoms with Gasteiger partial charge in [-0.25, -0.2) is 14.2 Å². The van der Waals surface area contributed by atoms with Crippen LogP contribution in [-0.4, -0.2) is 53.2 Å². The zero-order valence-corrected chi connectivity index (χ0v) is 21.1. The van der Waals surface area contributed by atoms with E-state index in [1.807, 2.05) is 13.8 Å². The van der Waals surface area contributed by atoms with E-state index < -0.39 is 17.4 Å². The second-order valence-corrected chi connectivity index (χ2v) is 8.90. The molecule has 2 N–H and O–H groups in total. The van der Waals surface area contributed by atoms with Gasteiger partial charge in [-0.05, 0) is 37.0 Å². The van der Waals surface area contributed by atoms with Gasteiger partial charge in [0.15, 0.2) is 11.2 Å². The van der Waals surface area contributed by atoms with Gasteiger partial charge in [-0.2, -0.15) is 0 Å². The van der Waals surface area contributed by atoms with Gasteiger partial charge in [0.05, 0.1) is 12.5 Å². The third-order valence-corrected chi connectivity index (χ3v) is 6.23. The molecule has 0 saturated carbocycles. The first-order chi connectivity index (χ1) is 17.9. The quantitative estimate of drug-likeness (QED) is 0.257. The lowest BCUT2D eigenvalue weighted by Crippen LogP contribution is -2.41. The Hall–Kier alpha value is -3.64. The Bertz CT molecular complexity index is 1440. The fraction of sp³-hybridized carbons (Fsp3) is 0.480. The molecule has 3 heterocycles. The van der Waals surface area contributed by atoms with Gasteiger partial charge >= 0.3 is 5.69 Å². The number of imidazole rings is 1. The molecule has 0 aliphatic heterocycles. The van der Waals surface area contributed by atoms with Gasteiger partial charge < -0.3 is 19.4 Å². The predicted octanol–water partition coefficient (Wildman–Crippen LogP) is 1.49. The number of aliphatic hydroxyl groups excluding tert-OH is 1. The summed E-state index contributed by atoms with van der Waals surface area (Å²) in [5.41, 5.74) is 0.440. The summed E-state index contributed by atoms with van der Waals surface area (Å²) < 4.78 is 23.5. The summed E-state index contributed by atoms with van der Waals surface area (Å²) in [5.74, 6) is 0.480. The molecule has 0 aliphatic carbocycles. The van der Waals surface area contributed by atoms with Crippen LogP contribution >= 0.6 is 0 Å². The highest BCUT2D eigenvalue weighted by molar-refractivity contribution is 5.71. The molecular formula is C25H32FN7O4. The van der Waals surface area contributed by atoms with Crippen LogP contribution in [0.5, 0.6) is 0 Å². The molecule has 0 spiro atoms. The Morgan fingerprint density at radius 3 is 2.68 bits per heavy atom. The van der Waals surface area contributed by atoms with E-state index in [9.17, 15) is 19.1 Å². The molecule has 198 valence electrons. The monoisotopic (exact) mass is 513 g/mol. The van der Waals surface area contributed by atoms with Crippen molar-refractivity contribution < 1.29 is 13.9 Å². The van der Waals surface area contributed by atoms with E-state index in [2.05, 4.69) is 15.5 Å². The summed E-state index contributed by atoms with van der Waals surface area (Å²) in [5, 5.41) is 20.7. The third kappa shape index (κ3) is 6.03. The van der Waals surface area contributed by atoms with E-state index in [4.69, 9.17) is 9.40 Å². The average molecular weight is 514 g/mol. The number of benzene rings is 1. The maximum Gasteiger partial charge on any atom is 0.332 e. The highest BCUT2D eigenvalue weighted by Gasteiger charge is 2.22. The van der Waals surface area contributed by atoms with E-state index in [0.29, 0.717) is 56.1 Å². The van der Waals surface area contributed by atoms with Gasteiger partial charge in [0, 0.05) is 32.7 Å². The summed E-state index contributed by atoms with van der Waals surface area (Å²) in [6.07, 6.45) is 2.55. The molecule has 0 fully saturated rings. The maximum absolute atomic E-state index is 13.7. The topological polar surface area (TPSA) is 133 Å². The fourth-order valence-electron chi connectivity index (χ4n) is 4.28. The Labute approximate surface area is 212 Å². The zero-order chi connectivity index (χ0) is 26.4. The summed E-state index contributed by atoms with van der Waals surface area (Å²) in [6, 6.07) is 6.22. The molecule has 1 aromatic carbocycles. The molecule has 0 bridgehead atoms. The van der Waals surface area contributed by atoms with Gasteiger partial charge in [-0.15, -0.1) is 10.2 Å². The van der Waals surface area contributed by atoms with Crippen molar-refractivity contribution in [2.75, 3.05) is 13.1 Å². The Balaban J connectivity index is 1.79. The molecule has 0 radical (unpaired) electrons. The largest absolute Gasteiger partial charge is 0.428 e. The van der Waals surface area contributed by atoms with Crippen LogP contribution in [0.1, 0.15) is 44.0 Å². The number of nitrogens with zero attached hydrogens (tertiary/aromatic N) is 6. The lowest BCUT2D eigenvalue weighted by Gasteiger charge is -2.14. The van der Waals surface area contributed by atoms with Crippen LogP contribution in [0.25, 0.3) is 11.2 Å². The molecule has 12 heteroatoms. The maximum atomic E-state index is 13.7. The number of fused-ring (bicyclic) bond motifs is 1. The lowest BCUT2D eigenvalue weighted by atomic mass is 10.1. The first-order valence-electron chi connectivity index (χ1n) is 12.5. The molecule has 4 rings (SSSR count). The van der Waals surface area contributed by atoms with Crippen molar-refractivity contribution in [1.29, 1.82) is 0 Å². The van der Waals surface area contributed by atoms with Crippen molar-refractivity contribution in [2.24, 2.45) is 0 Å². The molecular weight excluding hydrogens is 481 g/mol. The number of rotatable bonds is 13. The van der Waals surface area contributed by atoms with Crippen molar-refractivity contribution >= 4 is 11.2 Å². The van der Waals surface area contributed by atoms with E-state index in [0.717, 1.165) is 5.56 Å². The van der Waals surface area contributed by atoms with Crippen molar-refractivity contribution in [3.8, 4) is 0 Å². The zero-order valence-electron chi connectivity index (χ0n) is 21.1. The van der Waals surface area contributed by atoms with E-state index >= 15 is 0 Å². The Kier molecular flexibility index (Phi) is 8.62. The second kappa shape index (κ2) is 12.1. The van der Waals surface area contributed by atoms with Crippen molar-refractivity contribution in [2.45, 2.75) is 65.3 Å². The highest BCUT2D eigenvalue weighted by atomic mass is 19.1. The van der Waals surface area contributed by atoms with E-state index in [-0.39, 0.29) is 31.0 Å². The minimum absolute atomic E-state index is 0.178. The van der Waals surface area contributed by atoms with Crippen LogP contribution in [0.2, 0.25) is 0 Å². The van der Waals surface area contributed by atoms with E-state index in [1.54, 1.807) is 16.7 Å². The normalized spacial score (nSPS) is 12.4. The van der Waals surface area contributed by atoms with Crippen LogP contribution < -0.4 is 16.6 Å². The second-order valence-electron chi connectivity index (χ2n) is 8.90. The number of hydrogen-bond acceptors (Lipinski definition) is 8. The molecule has 37 heavy (non-hydrogen) atoms. The first-order valence-corrected chi connectivity index (χ1v) is 12.5. The van der Waals surface area contributed by atoms with Gasteiger partial charge in [0.25, 0.3) is 5.56 Å². The molecule has 11 nitrogen and oxygen atoms in total. The summed E-state index contributed by atoms with van der Waals surface area (Å²) in [7, 11) is 0. The molecule has 0 aliphatic rings. The average Bonchev–Trinajstić information content (AvgIpc) is 3.52. The number of aromatic nitrogens is 6. The van der Waals surface area contributed by atoms with Crippen molar-refractivity contribution in [3.63, 3.8) is 0 Å². The minimum Gasteiger partial charge on any atom is -0.428 e. The van der Waals surface area contributed by atoms with Crippen LogP contribution in [0, 0.1) is 5.82 Å². The molecule has 1 atom stereocenters. The summed E-state index contributed by atoms with van der Waals surface area (Å²) >= 11 is 0. The smallest absolute Gasteiger partial charge is 0.332 e. The predicted molar refractivity (Wildman–Crippen MR) is 135 cm³/mol. The number of aliphatic hydroxyl groups is 1.